The van der Waals surface area contributed by atoms with Crippen molar-refractivity contribution in [2.45, 2.75) is 32.2 Å². The number of nitrogens with zero attached hydrogens (tertiary/aromatic N) is 2. The maximum atomic E-state index is 6.07. The van der Waals surface area contributed by atoms with E-state index < -0.39 is 0 Å². The van der Waals surface area contributed by atoms with Crippen molar-refractivity contribution < 1.29 is 0 Å². The van der Waals surface area contributed by atoms with Crippen molar-refractivity contribution in [3.05, 3.63) is 48.3 Å². The maximum absolute atomic E-state index is 6.07. The van der Waals surface area contributed by atoms with Gasteiger partial charge in [0, 0.05) is 12.2 Å². The van der Waals surface area contributed by atoms with Gasteiger partial charge in [0.15, 0.2) is 0 Å². The molecule has 0 radical (unpaired) electrons. The molecule has 1 heterocycles. The summed E-state index contributed by atoms with van der Waals surface area (Å²) in [5.41, 5.74) is 8.66. The molecule has 0 saturated heterocycles. The zero-order chi connectivity index (χ0) is 12.8. The first kappa shape index (κ1) is 11.5. The van der Waals surface area contributed by atoms with Crippen LogP contribution in [0.1, 0.15) is 31.7 Å². The van der Waals surface area contributed by atoms with E-state index in [-0.39, 0.29) is 5.41 Å². The van der Waals surface area contributed by atoms with Crippen LogP contribution in [0.25, 0.3) is 5.69 Å². The van der Waals surface area contributed by atoms with Gasteiger partial charge in [-0.1, -0.05) is 32.0 Å². The molecule has 1 fully saturated rings. The second-order valence-corrected chi connectivity index (χ2v) is 5.77. The minimum atomic E-state index is 0.185. The van der Waals surface area contributed by atoms with Gasteiger partial charge < -0.3 is 5.73 Å². The molecular formula is C15H19N3. The van der Waals surface area contributed by atoms with Crippen LogP contribution in [0, 0.1) is 5.41 Å². The summed E-state index contributed by atoms with van der Waals surface area (Å²) in [4.78, 5) is 0. The molecule has 18 heavy (non-hydrogen) atoms. The molecule has 2 aromatic rings. The lowest BCUT2D eigenvalue weighted by atomic mass is 9.57. The van der Waals surface area contributed by atoms with E-state index in [0.717, 1.165) is 12.1 Å². The van der Waals surface area contributed by atoms with E-state index >= 15 is 0 Å². The first-order valence-corrected chi connectivity index (χ1v) is 6.44. The fourth-order valence-corrected chi connectivity index (χ4v) is 2.76. The maximum Gasteiger partial charge on any atom is 0.0645 e. The van der Waals surface area contributed by atoms with Gasteiger partial charge >= 0.3 is 0 Å². The van der Waals surface area contributed by atoms with Gasteiger partial charge in [-0.2, -0.15) is 5.10 Å². The summed E-state index contributed by atoms with van der Waals surface area (Å²) >= 11 is 0. The number of nitrogens with two attached hydrogens (primary N) is 1. The minimum Gasteiger partial charge on any atom is -0.327 e. The van der Waals surface area contributed by atoms with Gasteiger partial charge in [0.05, 0.1) is 11.9 Å². The lowest BCUT2D eigenvalue weighted by molar-refractivity contribution is 0.0984. The van der Waals surface area contributed by atoms with Gasteiger partial charge in [0.1, 0.15) is 0 Å². The van der Waals surface area contributed by atoms with Crippen molar-refractivity contribution in [2.75, 3.05) is 0 Å². The van der Waals surface area contributed by atoms with Crippen molar-refractivity contribution in [1.29, 1.82) is 0 Å². The van der Waals surface area contributed by atoms with E-state index in [1.54, 1.807) is 0 Å². The van der Waals surface area contributed by atoms with Crippen LogP contribution in [-0.4, -0.2) is 15.8 Å². The lowest BCUT2D eigenvalue weighted by Crippen LogP contribution is -2.52. The average molecular weight is 241 g/mol. The predicted octanol–water partition coefficient (Wildman–Crippen LogP) is 2.71. The van der Waals surface area contributed by atoms with E-state index in [0.29, 0.717) is 12.0 Å². The molecule has 0 bridgehead atoms. The molecule has 2 N–H and O–H groups in total. The summed E-state index contributed by atoms with van der Waals surface area (Å²) < 4.78 is 1.94. The summed E-state index contributed by atoms with van der Waals surface area (Å²) in [7, 11) is 0. The average Bonchev–Trinajstić information content (AvgIpc) is 2.86. The summed E-state index contributed by atoms with van der Waals surface area (Å²) in [5, 5.41) is 4.46. The van der Waals surface area contributed by atoms with E-state index in [1.165, 1.54) is 5.56 Å². The van der Waals surface area contributed by atoms with Crippen molar-refractivity contribution in [3.8, 4) is 5.69 Å². The SMILES string of the molecule is CC1(C)C(N)CC1c1cnn(-c2ccccc2)c1. The molecule has 0 aliphatic heterocycles. The lowest BCUT2D eigenvalue weighted by Gasteiger charge is -2.50. The second kappa shape index (κ2) is 3.95. The van der Waals surface area contributed by atoms with E-state index in [2.05, 4.69) is 37.3 Å². The fraction of sp³-hybridized carbons (Fsp3) is 0.400. The number of benzene rings is 1. The van der Waals surface area contributed by atoms with Crippen LogP contribution in [0.15, 0.2) is 42.7 Å². The number of rotatable bonds is 2. The van der Waals surface area contributed by atoms with E-state index in [4.69, 9.17) is 5.73 Å². The van der Waals surface area contributed by atoms with Gasteiger partial charge in [-0.15, -0.1) is 0 Å². The van der Waals surface area contributed by atoms with Gasteiger partial charge in [-0.25, -0.2) is 4.68 Å². The zero-order valence-electron chi connectivity index (χ0n) is 10.9. The third-order valence-corrected chi connectivity index (χ3v) is 4.37. The molecule has 1 aliphatic rings. The summed E-state index contributed by atoms with van der Waals surface area (Å²) in [6, 6.07) is 10.5. The standard InChI is InChI=1S/C15H19N3/c1-15(2)13(8-14(15)16)11-9-17-18(10-11)12-6-4-3-5-7-12/h3-7,9-10,13-14H,8,16H2,1-2H3. The molecular weight excluding hydrogens is 222 g/mol. The molecule has 2 unspecified atom stereocenters. The van der Waals surface area contributed by atoms with E-state index in [9.17, 15) is 0 Å². The first-order chi connectivity index (χ1) is 8.59. The highest BCUT2D eigenvalue weighted by molar-refractivity contribution is 5.32. The third-order valence-electron chi connectivity index (χ3n) is 4.37. The highest BCUT2D eigenvalue weighted by Crippen LogP contribution is 2.51. The molecule has 1 saturated carbocycles. The predicted molar refractivity (Wildman–Crippen MR) is 72.7 cm³/mol. The smallest absolute Gasteiger partial charge is 0.0645 e. The second-order valence-electron chi connectivity index (χ2n) is 5.77. The van der Waals surface area contributed by atoms with Gasteiger partial charge in [0.2, 0.25) is 0 Å². The minimum absolute atomic E-state index is 0.185. The van der Waals surface area contributed by atoms with Gasteiger partial charge in [-0.3, -0.25) is 0 Å². The van der Waals surface area contributed by atoms with Crippen molar-refractivity contribution >= 4 is 0 Å². The molecule has 3 rings (SSSR count). The fourth-order valence-electron chi connectivity index (χ4n) is 2.76. The van der Waals surface area contributed by atoms with Crippen molar-refractivity contribution in [3.63, 3.8) is 0 Å². The summed E-state index contributed by atoms with van der Waals surface area (Å²) in [5.74, 6) is 0.532. The Labute approximate surface area is 108 Å². The van der Waals surface area contributed by atoms with Crippen LogP contribution in [-0.2, 0) is 0 Å². The van der Waals surface area contributed by atoms with E-state index in [1.807, 2.05) is 29.1 Å². The molecule has 3 nitrogen and oxygen atoms in total. The normalized spacial score (nSPS) is 25.7. The van der Waals surface area contributed by atoms with Crippen LogP contribution in [0.2, 0.25) is 0 Å². The highest BCUT2D eigenvalue weighted by Gasteiger charge is 2.47. The molecule has 3 heteroatoms. The Hall–Kier alpha value is -1.61. The van der Waals surface area contributed by atoms with Crippen LogP contribution in [0.3, 0.4) is 0 Å². The quantitative estimate of drug-likeness (QED) is 0.878. The molecule has 1 aromatic heterocycles. The summed E-state index contributed by atoms with van der Waals surface area (Å²) in [6.45, 7) is 4.48. The third kappa shape index (κ3) is 1.66. The first-order valence-electron chi connectivity index (χ1n) is 6.44. The summed E-state index contributed by atoms with van der Waals surface area (Å²) in [6.07, 6.45) is 5.17. The Morgan fingerprint density at radius 2 is 2.00 bits per heavy atom. The van der Waals surface area contributed by atoms with Crippen LogP contribution in [0.4, 0.5) is 0 Å². The highest BCUT2D eigenvalue weighted by atomic mass is 15.3. The Bertz CT molecular complexity index is 542. The molecule has 94 valence electrons. The molecule has 1 aromatic carbocycles. The van der Waals surface area contributed by atoms with Crippen molar-refractivity contribution in [1.82, 2.24) is 9.78 Å². The van der Waals surface area contributed by atoms with Gasteiger partial charge in [-0.05, 0) is 35.4 Å². The number of para-hydroxylation sites is 1. The number of hydrogen-bond acceptors (Lipinski definition) is 2. The van der Waals surface area contributed by atoms with Crippen LogP contribution >= 0.6 is 0 Å². The Balaban J connectivity index is 1.87. The molecule has 0 amide bonds. The Kier molecular flexibility index (Phi) is 2.52. The van der Waals surface area contributed by atoms with Crippen LogP contribution < -0.4 is 5.73 Å². The Morgan fingerprint density at radius 3 is 2.61 bits per heavy atom. The number of hydrogen-bond donors (Lipinski definition) is 1. The Morgan fingerprint density at radius 1 is 1.28 bits per heavy atom. The molecule has 0 spiro atoms. The van der Waals surface area contributed by atoms with Gasteiger partial charge in [0.25, 0.3) is 0 Å². The molecule has 1 aliphatic carbocycles. The van der Waals surface area contributed by atoms with Crippen LogP contribution in [0.5, 0.6) is 0 Å². The zero-order valence-corrected chi connectivity index (χ0v) is 10.9. The largest absolute Gasteiger partial charge is 0.327 e. The monoisotopic (exact) mass is 241 g/mol. The number of aromatic nitrogens is 2. The topological polar surface area (TPSA) is 43.8 Å². The molecule has 2 atom stereocenters. The van der Waals surface area contributed by atoms with Crippen molar-refractivity contribution in [2.24, 2.45) is 11.1 Å².